The van der Waals surface area contributed by atoms with Crippen LogP contribution in [0.4, 0.5) is 5.69 Å². The first-order chi connectivity index (χ1) is 12.0. The van der Waals surface area contributed by atoms with Crippen molar-refractivity contribution in [2.45, 2.75) is 0 Å². The highest BCUT2D eigenvalue weighted by Gasteiger charge is 2.22. The van der Waals surface area contributed by atoms with Crippen molar-refractivity contribution < 1.29 is 9.59 Å². The third-order valence-corrected chi connectivity index (χ3v) is 4.83. The minimum atomic E-state index is -0.230. The molecule has 1 fully saturated rings. The van der Waals surface area contributed by atoms with E-state index in [1.54, 1.807) is 24.3 Å². The molecule has 5 nitrogen and oxygen atoms in total. The molecule has 25 heavy (non-hydrogen) atoms. The Morgan fingerprint density at radius 2 is 1.60 bits per heavy atom. The van der Waals surface area contributed by atoms with Crippen LogP contribution in [0, 0.1) is 0 Å². The van der Waals surface area contributed by atoms with Crippen molar-refractivity contribution in [1.82, 2.24) is 9.80 Å². The Morgan fingerprint density at radius 1 is 0.960 bits per heavy atom. The molecule has 6 heteroatoms. The SMILES string of the molecule is CN1CCN(C(=O)c2ccccc2NC(=O)c2ccc(Br)cc2)CC1. The maximum Gasteiger partial charge on any atom is 0.256 e. The number of para-hydroxylation sites is 1. The van der Waals surface area contributed by atoms with Gasteiger partial charge in [-0.1, -0.05) is 28.1 Å². The Morgan fingerprint density at radius 3 is 2.28 bits per heavy atom. The number of piperazine rings is 1. The summed E-state index contributed by atoms with van der Waals surface area (Å²) in [5.74, 6) is -0.272. The van der Waals surface area contributed by atoms with Crippen LogP contribution in [0.1, 0.15) is 20.7 Å². The van der Waals surface area contributed by atoms with Gasteiger partial charge in [0.05, 0.1) is 11.3 Å². The van der Waals surface area contributed by atoms with E-state index in [0.717, 1.165) is 17.6 Å². The van der Waals surface area contributed by atoms with Crippen LogP contribution in [-0.4, -0.2) is 54.8 Å². The lowest BCUT2D eigenvalue weighted by Gasteiger charge is -2.32. The van der Waals surface area contributed by atoms with Gasteiger partial charge in [-0.15, -0.1) is 0 Å². The molecule has 0 saturated carbocycles. The van der Waals surface area contributed by atoms with Gasteiger partial charge in [-0.2, -0.15) is 0 Å². The average Bonchev–Trinajstić information content (AvgIpc) is 2.63. The molecule has 0 aliphatic carbocycles. The molecule has 2 aromatic rings. The van der Waals surface area contributed by atoms with Crippen molar-refractivity contribution in [3.8, 4) is 0 Å². The monoisotopic (exact) mass is 401 g/mol. The van der Waals surface area contributed by atoms with Gasteiger partial charge in [0.2, 0.25) is 0 Å². The standard InChI is InChI=1S/C19H20BrN3O2/c1-22-10-12-23(13-11-22)19(25)16-4-2-3-5-17(16)21-18(24)14-6-8-15(20)9-7-14/h2-9H,10-13H2,1H3,(H,21,24). The van der Waals surface area contributed by atoms with Crippen LogP contribution in [-0.2, 0) is 0 Å². The molecule has 2 amide bonds. The summed E-state index contributed by atoms with van der Waals surface area (Å²) in [6.07, 6.45) is 0. The van der Waals surface area contributed by atoms with Gasteiger partial charge in [-0.05, 0) is 43.4 Å². The average molecular weight is 402 g/mol. The van der Waals surface area contributed by atoms with Gasteiger partial charge in [0.1, 0.15) is 0 Å². The maximum atomic E-state index is 12.8. The van der Waals surface area contributed by atoms with E-state index in [1.165, 1.54) is 0 Å². The minimum Gasteiger partial charge on any atom is -0.336 e. The number of amides is 2. The Labute approximate surface area is 155 Å². The summed E-state index contributed by atoms with van der Waals surface area (Å²) in [5, 5.41) is 2.86. The summed E-state index contributed by atoms with van der Waals surface area (Å²) in [6, 6.07) is 14.3. The molecular formula is C19H20BrN3O2. The highest BCUT2D eigenvalue weighted by Crippen LogP contribution is 2.20. The van der Waals surface area contributed by atoms with Crippen molar-refractivity contribution >= 4 is 33.4 Å². The minimum absolute atomic E-state index is 0.0418. The van der Waals surface area contributed by atoms with E-state index in [-0.39, 0.29) is 11.8 Å². The van der Waals surface area contributed by atoms with Crippen LogP contribution in [0.5, 0.6) is 0 Å². The number of benzene rings is 2. The number of nitrogens with one attached hydrogen (secondary N) is 1. The summed E-state index contributed by atoms with van der Waals surface area (Å²) in [5.41, 5.74) is 1.61. The summed E-state index contributed by atoms with van der Waals surface area (Å²) >= 11 is 3.36. The van der Waals surface area contributed by atoms with Crippen molar-refractivity contribution in [3.63, 3.8) is 0 Å². The third kappa shape index (κ3) is 4.27. The molecule has 0 unspecified atom stereocenters. The maximum absolute atomic E-state index is 12.8. The number of rotatable bonds is 3. The second-order valence-corrected chi connectivity index (χ2v) is 7.02. The normalized spacial score (nSPS) is 15.0. The van der Waals surface area contributed by atoms with Crippen molar-refractivity contribution in [3.05, 3.63) is 64.1 Å². The first-order valence-electron chi connectivity index (χ1n) is 8.18. The fourth-order valence-electron chi connectivity index (χ4n) is 2.75. The molecule has 1 heterocycles. The van der Waals surface area contributed by atoms with Gasteiger partial charge in [0.15, 0.2) is 0 Å². The van der Waals surface area contributed by atoms with Crippen molar-refractivity contribution in [1.29, 1.82) is 0 Å². The van der Waals surface area contributed by atoms with Crippen LogP contribution >= 0.6 is 15.9 Å². The van der Waals surface area contributed by atoms with Crippen LogP contribution in [0.25, 0.3) is 0 Å². The first-order valence-corrected chi connectivity index (χ1v) is 8.97. The fraction of sp³-hybridized carbons (Fsp3) is 0.263. The Kier molecular flexibility index (Phi) is 5.50. The molecule has 2 aromatic carbocycles. The van der Waals surface area contributed by atoms with Gasteiger partial charge in [-0.25, -0.2) is 0 Å². The summed E-state index contributed by atoms with van der Waals surface area (Å²) in [6.45, 7) is 3.12. The highest BCUT2D eigenvalue weighted by atomic mass is 79.9. The molecule has 3 rings (SSSR count). The second-order valence-electron chi connectivity index (χ2n) is 6.10. The van der Waals surface area contributed by atoms with Gasteiger partial charge in [0, 0.05) is 36.2 Å². The first kappa shape index (κ1) is 17.6. The molecule has 130 valence electrons. The highest BCUT2D eigenvalue weighted by molar-refractivity contribution is 9.10. The number of likely N-dealkylation sites (N-methyl/N-ethyl adjacent to an activating group) is 1. The molecule has 1 aliphatic rings. The van der Waals surface area contributed by atoms with Crippen LogP contribution in [0.2, 0.25) is 0 Å². The summed E-state index contributed by atoms with van der Waals surface area (Å²) in [7, 11) is 2.05. The molecule has 1 saturated heterocycles. The summed E-state index contributed by atoms with van der Waals surface area (Å²) in [4.78, 5) is 29.3. The Hall–Kier alpha value is -2.18. The molecule has 1 aliphatic heterocycles. The molecule has 0 bridgehead atoms. The smallest absolute Gasteiger partial charge is 0.256 e. The molecule has 0 radical (unpaired) electrons. The van der Waals surface area contributed by atoms with Crippen molar-refractivity contribution in [2.75, 3.05) is 38.5 Å². The largest absolute Gasteiger partial charge is 0.336 e. The lowest BCUT2D eigenvalue weighted by molar-refractivity contribution is 0.0665. The zero-order valence-corrected chi connectivity index (χ0v) is 15.6. The Bertz CT molecular complexity index is 768. The summed E-state index contributed by atoms with van der Waals surface area (Å²) < 4.78 is 0.912. The van der Waals surface area contributed by atoms with E-state index in [9.17, 15) is 9.59 Å². The van der Waals surface area contributed by atoms with E-state index in [4.69, 9.17) is 0 Å². The lowest BCUT2D eigenvalue weighted by Crippen LogP contribution is -2.47. The zero-order chi connectivity index (χ0) is 17.8. The number of hydrogen-bond donors (Lipinski definition) is 1. The van der Waals surface area contributed by atoms with Crippen molar-refractivity contribution in [2.24, 2.45) is 0 Å². The lowest BCUT2D eigenvalue weighted by atomic mass is 10.1. The van der Waals surface area contributed by atoms with Crippen LogP contribution in [0.15, 0.2) is 53.0 Å². The second kappa shape index (κ2) is 7.80. The van der Waals surface area contributed by atoms with Gasteiger partial charge in [-0.3, -0.25) is 9.59 Å². The molecule has 0 aromatic heterocycles. The number of nitrogens with zero attached hydrogens (tertiary/aromatic N) is 2. The predicted molar refractivity (Wildman–Crippen MR) is 102 cm³/mol. The van der Waals surface area contributed by atoms with Gasteiger partial charge < -0.3 is 15.1 Å². The number of carbonyl (C=O) groups is 2. The van der Waals surface area contributed by atoms with E-state index in [0.29, 0.717) is 29.9 Å². The number of hydrogen-bond acceptors (Lipinski definition) is 3. The topological polar surface area (TPSA) is 52.6 Å². The van der Waals surface area contributed by atoms with Crippen LogP contribution < -0.4 is 5.32 Å². The zero-order valence-electron chi connectivity index (χ0n) is 14.0. The molecular weight excluding hydrogens is 382 g/mol. The number of halogens is 1. The number of carbonyl (C=O) groups excluding carboxylic acids is 2. The molecule has 0 spiro atoms. The molecule has 1 N–H and O–H groups in total. The number of anilines is 1. The van der Waals surface area contributed by atoms with Gasteiger partial charge >= 0.3 is 0 Å². The molecule has 0 atom stereocenters. The predicted octanol–water partition coefficient (Wildman–Crippen LogP) is 3.09. The van der Waals surface area contributed by atoms with E-state index >= 15 is 0 Å². The quantitative estimate of drug-likeness (QED) is 0.859. The van der Waals surface area contributed by atoms with E-state index in [2.05, 4.69) is 26.1 Å². The van der Waals surface area contributed by atoms with Gasteiger partial charge in [0.25, 0.3) is 11.8 Å². The van der Waals surface area contributed by atoms with E-state index in [1.807, 2.05) is 36.2 Å². The third-order valence-electron chi connectivity index (χ3n) is 4.30. The Balaban J connectivity index is 1.77. The van der Waals surface area contributed by atoms with E-state index < -0.39 is 0 Å². The fourth-order valence-corrected chi connectivity index (χ4v) is 3.02. The van der Waals surface area contributed by atoms with Crippen LogP contribution in [0.3, 0.4) is 0 Å².